The monoisotopic (exact) mass is 459 g/mol. The molecule has 0 aromatic carbocycles. The van der Waals surface area contributed by atoms with Crippen LogP contribution in [0, 0.1) is 5.92 Å². The molecule has 3 aromatic rings. The summed E-state index contributed by atoms with van der Waals surface area (Å²) >= 11 is 0. The molecule has 3 aromatic heterocycles. The molecule has 0 aliphatic heterocycles. The molecule has 10 heteroatoms. The zero-order valence-corrected chi connectivity index (χ0v) is 18.5. The van der Waals surface area contributed by atoms with Crippen LogP contribution in [0.3, 0.4) is 0 Å². The molecule has 1 aliphatic rings. The van der Waals surface area contributed by atoms with Crippen molar-refractivity contribution in [3.63, 3.8) is 0 Å². The van der Waals surface area contributed by atoms with Gasteiger partial charge in [-0.05, 0) is 55.7 Å². The maximum atomic E-state index is 12.7. The van der Waals surface area contributed by atoms with Gasteiger partial charge in [0, 0.05) is 18.2 Å². The molecule has 3 amide bonds. The highest BCUT2D eigenvalue weighted by molar-refractivity contribution is 6.02. The normalized spacial score (nSPS) is 17.4. The minimum atomic E-state index is -0.402. The number of aromatic amines is 1. The van der Waals surface area contributed by atoms with Gasteiger partial charge in [-0.15, -0.1) is 0 Å². The minimum Gasteiger partial charge on any atom is -0.350 e. The molecule has 1 aliphatic carbocycles. The smallest absolute Gasteiger partial charge is 0.275 e. The molecule has 10 nitrogen and oxygen atoms in total. The number of hydrogen-bond acceptors (Lipinski definition) is 6. The van der Waals surface area contributed by atoms with Crippen LogP contribution in [0.15, 0.2) is 61.4 Å². The van der Waals surface area contributed by atoms with Crippen molar-refractivity contribution in [3.8, 4) is 11.4 Å². The average molecular weight is 460 g/mol. The van der Waals surface area contributed by atoms with E-state index >= 15 is 0 Å². The molecule has 1 saturated carbocycles. The van der Waals surface area contributed by atoms with Gasteiger partial charge < -0.3 is 16.0 Å². The van der Waals surface area contributed by atoms with Gasteiger partial charge in [0.15, 0.2) is 0 Å². The molecular weight excluding hydrogens is 434 g/mol. The molecule has 34 heavy (non-hydrogen) atoms. The fourth-order valence-electron chi connectivity index (χ4n) is 3.90. The summed E-state index contributed by atoms with van der Waals surface area (Å²) in [5, 5.41) is 15.1. The van der Waals surface area contributed by atoms with Gasteiger partial charge in [-0.25, -0.2) is 9.97 Å². The lowest BCUT2D eigenvalue weighted by atomic mass is 9.85. The number of nitrogens with zero attached hydrogens (tertiary/aromatic N) is 3. The van der Waals surface area contributed by atoms with E-state index < -0.39 is 5.91 Å². The van der Waals surface area contributed by atoms with Gasteiger partial charge in [-0.3, -0.25) is 19.5 Å². The number of amides is 3. The summed E-state index contributed by atoms with van der Waals surface area (Å²) in [5.41, 5.74) is 2.08. The number of aromatic nitrogens is 4. The van der Waals surface area contributed by atoms with E-state index in [1.165, 1.54) is 12.3 Å². The van der Waals surface area contributed by atoms with E-state index in [1.807, 2.05) is 0 Å². The molecule has 2 atom stereocenters. The summed E-state index contributed by atoms with van der Waals surface area (Å²) in [5.74, 6) is -0.606. The molecule has 3 heterocycles. The van der Waals surface area contributed by atoms with Crippen LogP contribution >= 0.6 is 0 Å². The van der Waals surface area contributed by atoms with E-state index in [4.69, 9.17) is 0 Å². The molecule has 4 rings (SSSR count). The summed E-state index contributed by atoms with van der Waals surface area (Å²) in [6.45, 7) is 3.46. The molecule has 0 saturated heterocycles. The molecule has 0 radical (unpaired) electrons. The number of nitrogens with one attached hydrogen (secondary N) is 4. The van der Waals surface area contributed by atoms with E-state index in [-0.39, 0.29) is 29.5 Å². The molecule has 4 N–H and O–H groups in total. The number of H-pyrrole nitrogens is 1. The first-order chi connectivity index (χ1) is 16.5. The molecule has 2 unspecified atom stereocenters. The van der Waals surface area contributed by atoms with Crippen LogP contribution in [0.5, 0.6) is 0 Å². The fourth-order valence-corrected chi connectivity index (χ4v) is 3.90. The zero-order valence-electron chi connectivity index (χ0n) is 18.5. The Morgan fingerprint density at radius 1 is 1.09 bits per heavy atom. The maximum absolute atomic E-state index is 12.7. The van der Waals surface area contributed by atoms with Crippen molar-refractivity contribution < 1.29 is 14.4 Å². The Kier molecular flexibility index (Phi) is 7.07. The van der Waals surface area contributed by atoms with Crippen molar-refractivity contribution in [2.45, 2.75) is 31.7 Å². The predicted octanol–water partition coefficient (Wildman–Crippen LogP) is 2.92. The van der Waals surface area contributed by atoms with Crippen molar-refractivity contribution in [1.29, 1.82) is 0 Å². The summed E-state index contributed by atoms with van der Waals surface area (Å²) < 4.78 is 0. The Morgan fingerprint density at radius 3 is 2.71 bits per heavy atom. The topological polar surface area (TPSA) is 142 Å². The van der Waals surface area contributed by atoms with Crippen molar-refractivity contribution in [2.24, 2.45) is 5.92 Å². The lowest BCUT2D eigenvalue weighted by Gasteiger charge is -2.28. The number of anilines is 2. The van der Waals surface area contributed by atoms with Crippen LogP contribution in [0.1, 0.15) is 36.2 Å². The van der Waals surface area contributed by atoms with Gasteiger partial charge in [-0.1, -0.05) is 19.1 Å². The van der Waals surface area contributed by atoms with Crippen LogP contribution < -0.4 is 16.0 Å². The second kappa shape index (κ2) is 10.5. The number of carbonyl (C=O) groups excluding carboxylic acids is 3. The van der Waals surface area contributed by atoms with E-state index in [0.717, 1.165) is 19.3 Å². The maximum Gasteiger partial charge on any atom is 0.275 e. The number of pyridine rings is 2. The Morgan fingerprint density at radius 2 is 1.97 bits per heavy atom. The number of carbonyl (C=O) groups is 3. The number of rotatable bonds is 7. The lowest BCUT2D eigenvalue weighted by Crippen LogP contribution is -2.40. The van der Waals surface area contributed by atoms with Crippen molar-refractivity contribution in [2.75, 3.05) is 10.6 Å². The Labute approximate surface area is 196 Å². The summed E-state index contributed by atoms with van der Waals surface area (Å²) in [6.07, 6.45) is 7.39. The summed E-state index contributed by atoms with van der Waals surface area (Å²) in [7, 11) is 0. The second-order valence-corrected chi connectivity index (χ2v) is 8.03. The van der Waals surface area contributed by atoms with E-state index in [0.29, 0.717) is 29.3 Å². The van der Waals surface area contributed by atoms with Gasteiger partial charge in [0.1, 0.15) is 11.5 Å². The Hall–Kier alpha value is -4.34. The van der Waals surface area contributed by atoms with E-state index in [1.54, 1.807) is 42.6 Å². The fraction of sp³-hybridized carbons (Fsp3) is 0.250. The SMILES string of the molecule is C=CC(=O)NC1CCCC(C(=O)Nc2ccc(NC(=O)c3cccc(-c4ccn[nH]4)n3)nc2)C1. The summed E-state index contributed by atoms with van der Waals surface area (Å²) in [6, 6.07) is 10.1. The molecule has 0 bridgehead atoms. The van der Waals surface area contributed by atoms with Crippen LogP contribution in [0.4, 0.5) is 11.5 Å². The predicted molar refractivity (Wildman–Crippen MR) is 127 cm³/mol. The van der Waals surface area contributed by atoms with Gasteiger partial charge in [-0.2, -0.15) is 5.10 Å². The first kappa shape index (κ1) is 22.8. The lowest BCUT2D eigenvalue weighted by molar-refractivity contribution is -0.122. The number of hydrogen-bond donors (Lipinski definition) is 4. The average Bonchev–Trinajstić information content (AvgIpc) is 3.40. The standard InChI is InChI=1S/C24H25N7O3/c1-2-22(32)27-16-6-3-5-15(13-16)23(33)28-17-9-10-21(25-14-17)30-24(34)20-8-4-7-18(29-20)19-11-12-26-31-19/h2,4,7-12,14-16H,1,3,5-6,13H2,(H,26,31)(H,27,32)(H,28,33)(H,25,30,34). The first-order valence-corrected chi connectivity index (χ1v) is 11.0. The molecule has 0 spiro atoms. The summed E-state index contributed by atoms with van der Waals surface area (Å²) in [4.78, 5) is 45.4. The van der Waals surface area contributed by atoms with Gasteiger partial charge >= 0.3 is 0 Å². The van der Waals surface area contributed by atoms with E-state index in [2.05, 4.69) is 42.7 Å². The highest BCUT2D eigenvalue weighted by atomic mass is 16.2. The molecular formula is C24H25N7O3. The van der Waals surface area contributed by atoms with Gasteiger partial charge in [0.2, 0.25) is 11.8 Å². The van der Waals surface area contributed by atoms with E-state index in [9.17, 15) is 14.4 Å². The highest BCUT2D eigenvalue weighted by Gasteiger charge is 2.28. The van der Waals surface area contributed by atoms with Crippen LogP contribution in [-0.4, -0.2) is 43.9 Å². The van der Waals surface area contributed by atoms with Gasteiger partial charge in [0.05, 0.1) is 23.3 Å². The second-order valence-electron chi connectivity index (χ2n) is 8.03. The minimum absolute atomic E-state index is 0.0360. The van der Waals surface area contributed by atoms with Gasteiger partial charge in [0.25, 0.3) is 5.91 Å². The van der Waals surface area contributed by atoms with Crippen LogP contribution in [-0.2, 0) is 9.59 Å². The quantitative estimate of drug-likeness (QED) is 0.400. The van der Waals surface area contributed by atoms with Crippen molar-refractivity contribution in [3.05, 3.63) is 67.1 Å². The first-order valence-electron chi connectivity index (χ1n) is 11.0. The third kappa shape index (κ3) is 5.71. The third-order valence-corrected chi connectivity index (χ3v) is 5.61. The van der Waals surface area contributed by atoms with Crippen LogP contribution in [0.2, 0.25) is 0 Å². The van der Waals surface area contributed by atoms with Crippen molar-refractivity contribution >= 4 is 29.2 Å². The Bertz CT molecular complexity index is 1180. The largest absolute Gasteiger partial charge is 0.350 e. The molecule has 174 valence electrons. The van der Waals surface area contributed by atoms with Crippen molar-refractivity contribution in [1.82, 2.24) is 25.5 Å². The highest BCUT2D eigenvalue weighted by Crippen LogP contribution is 2.26. The molecule has 1 fully saturated rings. The Balaban J connectivity index is 1.33. The third-order valence-electron chi connectivity index (χ3n) is 5.61. The zero-order chi connectivity index (χ0) is 23.9. The van der Waals surface area contributed by atoms with Crippen LogP contribution in [0.25, 0.3) is 11.4 Å².